The van der Waals surface area contributed by atoms with Crippen molar-refractivity contribution in [2.45, 2.75) is 32.1 Å². The molecule has 0 saturated heterocycles. The molecule has 1 atom stereocenters. The summed E-state index contributed by atoms with van der Waals surface area (Å²) in [5.41, 5.74) is 9.22. The average molecular weight is 189 g/mol. The predicted molar refractivity (Wildman–Crippen MR) is 56.1 cm³/mol. The van der Waals surface area contributed by atoms with Crippen molar-refractivity contribution in [3.8, 4) is 0 Å². The number of nitrogens with two attached hydrogens (primary N) is 1. The molecular weight excluding hydrogens is 174 g/mol. The predicted octanol–water partition coefficient (Wildman–Crippen LogP) is 1.90. The van der Waals surface area contributed by atoms with Crippen molar-refractivity contribution in [2.24, 2.45) is 5.73 Å². The monoisotopic (exact) mass is 189 g/mol. The number of hydrogen-bond acceptors (Lipinski definition) is 1. The van der Waals surface area contributed by atoms with Gasteiger partial charge in [0.1, 0.15) is 0 Å². The van der Waals surface area contributed by atoms with Gasteiger partial charge in [-0.3, -0.25) is 4.79 Å². The largest absolute Gasteiger partial charge is 0.370 e. The molecule has 2 rings (SSSR count). The highest BCUT2D eigenvalue weighted by molar-refractivity contribution is 5.75. The number of carbonyl (C=O) groups excluding carboxylic acids is 1. The van der Waals surface area contributed by atoms with E-state index in [-0.39, 0.29) is 5.91 Å². The zero-order valence-corrected chi connectivity index (χ0v) is 8.42. The minimum atomic E-state index is -0.190. The summed E-state index contributed by atoms with van der Waals surface area (Å²) in [7, 11) is 0. The number of carbonyl (C=O) groups is 1. The molecule has 1 aromatic carbocycles. The Balaban J connectivity index is 2.28. The second kappa shape index (κ2) is 3.45. The van der Waals surface area contributed by atoms with E-state index in [9.17, 15) is 4.79 Å². The molecule has 1 aliphatic rings. The number of hydrogen-bond donors (Lipinski definition) is 1. The lowest BCUT2D eigenvalue weighted by atomic mass is 9.96. The molecular formula is C12H15NO. The Labute approximate surface area is 84.1 Å². The Morgan fingerprint density at radius 1 is 1.57 bits per heavy atom. The third-order valence-corrected chi connectivity index (χ3v) is 2.95. The van der Waals surface area contributed by atoms with Crippen LogP contribution in [0.5, 0.6) is 0 Å². The third kappa shape index (κ3) is 1.65. The number of amides is 1. The van der Waals surface area contributed by atoms with Gasteiger partial charge in [0.2, 0.25) is 5.91 Å². The molecule has 0 aromatic heterocycles. The fourth-order valence-corrected chi connectivity index (χ4v) is 2.26. The van der Waals surface area contributed by atoms with Gasteiger partial charge in [0, 0.05) is 6.42 Å². The molecule has 14 heavy (non-hydrogen) atoms. The van der Waals surface area contributed by atoms with Crippen LogP contribution >= 0.6 is 0 Å². The molecule has 1 aliphatic carbocycles. The summed E-state index contributed by atoms with van der Waals surface area (Å²) in [5, 5.41) is 0. The summed E-state index contributed by atoms with van der Waals surface area (Å²) in [6.07, 6.45) is 2.66. The Morgan fingerprint density at radius 3 is 3.07 bits per heavy atom. The number of primary amides is 1. The fraction of sp³-hybridized carbons (Fsp3) is 0.417. The smallest absolute Gasteiger partial charge is 0.218 e. The summed E-state index contributed by atoms with van der Waals surface area (Å²) in [6, 6.07) is 6.49. The molecule has 74 valence electrons. The van der Waals surface area contributed by atoms with Crippen LogP contribution in [-0.4, -0.2) is 5.91 Å². The topological polar surface area (TPSA) is 43.1 Å². The Hall–Kier alpha value is -1.31. The van der Waals surface area contributed by atoms with Gasteiger partial charge in [-0.15, -0.1) is 0 Å². The molecule has 2 heteroatoms. The van der Waals surface area contributed by atoms with Gasteiger partial charge in [-0.05, 0) is 36.8 Å². The Morgan fingerprint density at radius 2 is 2.36 bits per heavy atom. The van der Waals surface area contributed by atoms with Crippen LogP contribution in [0, 0.1) is 6.92 Å². The maximum atomic E-state index is 10.9. The lowest BCUT2D eigenvalue weighted by Crippen LogP contribution is -2.14. The van der Waals surface area contributed by atoms with Crippen LogP contribution in [0.4, 0.5) is 0 Å². The van der Waals surface area contributed by atoms with Gasteiger partial charge in [-0.2, -0.15) is 0 Å². The summed E-state index contributed by atoms with van der Waals surface area (Å²) >= 11 is 0. The van der Waals surface area contributed by atoms with E-state index in [1.807, 2.05) is 0 Å². The van der Waals surface area contributed by atoms with E-state index < -0.39 is 0 Å². The van der Waals surface area contributed by atoms with Crippen LogP contribution in [0.15, 0.2) is 18.2 Å². The first kappa shape index (κ1) is 9.25. The van der Waals surface area contributed by atoms with Crippen LogP contribution < -0.4 is 5.73 Å². The van der Waals surface area contributed by atoms with Gasteiger partial charge in [0.15, 0.2) is 0 Å². The van der Waals surface area contributed by atoms with Crippen molar-refractivity contribution in [1.82, 2.24) is 0 Å². The quantitative estimate of drug-likeness (QED) is 0.758. The molecule has 2 nitrogen and oxygen atoms in total. The summed E-state index contributed by atoms with van der Waals surface area (Å²) in [6.45, 7) is 2.08. The van der Waals surface area contributed by atoms with Crippen LogP contribution in [0.1, 0.15) is 35.4 Å². The molecule has 0 fully saturated rings. The first-order valence-electron chi connectivity index (χ1n) is 5.04. The van der Waals surface area contributed by atoms with Crippen molar-refractivity contribution in [3.05, 3.63) is 34.9 Å². The third-order valence-electron chi connectivity index (χ3n) is 2.95. The first-order chi connectivity index (χ1) is 6.66. The lowest BCUT2D eigenvalue weighted by Gasteiger charge is -2.09. The number of benzene rings is 1. The fourth-order valence-electron chi connectivity index (χ4n) is 2.26. The molecule has 0 radical (unpaired) electrons. The van der Waals surface area contributed by atoms with Gasteiger partial charge >= 0.3 is 0 Å². The number of fused-ring (bicyclic) bond motifs is 1. The van der Waals surface area contributed by atoms with Crippen molar-refractivity contribution in [1.29, 1.82) is 0 Å². The van der Waals surface area contributed by atoms with Gasteiger partial charge in [0.05, 0.1) is 0 Å². The molecule has 0 aliphatic heterocycles. The van der Waals surface area contributed by atoms with Crippen LogP contribution in [0.3, 0.4) is 0 Å². The van der Waals surface area contributed by atoms with Crippen LogP contribution in [0.25, 0.3) is 0 Å². The molecule has 0 bridgehead atoms. The van der Waals surface area contributed by atoms with Gasteiger partial charge in [0.25, 0.3) is 0 Å². The minimum Gasteiger partial charge on any atom is -0.370 e. The SMILES string of the molecule is Cc1ccc2c(c1)C(CC(N)=O)CC2. The van der Waals surface area contributed by atoms with E-state index in [4.69, 9.17) is 5.73 Å². The van der Waals surface area contributed by atoms with E-state index in [1.165, 1.54) is 16.7 Å². The summed E-state index contributed by atoms with van der Waals surface area (Å²) in [4.78, 5) is 10.9. The second-order valence-corrected chi connectivity index (χ2v) is 4.11. The maximum absolute atomic E-state index is 10.9. The van der Waals surface area contributed by atoms with Crippen LogP contribution in [0.2, 0.25) is 0 Å². The molecule has 0 saturated carbocycles. The average Bonchev–Trinajstić information content (AvgIpc) is 2.47. The van der Waals surface area contributed by atoms with E-state index in [0.29, 0.717) is 12.3 Å². The van der Waals surface area contributed by atoms with Gasteiger partial charge in [-0.25, -0.2) is 0 Å². The molecule has 1 aromatic rings. The maximum Gasteiger partial charge on any atom is 0.218 e. The molecule has 0 heterocycles. The van der Waals surface area contributed by atoms with E-state index in [0.717, 1.165) is 12.8 Å². The Bertz CT molecular complexity index is 371. The van der Waals surface area contributed by atoms with E-state index in [2.05, 4.69) is 25.1 Å². The van der Waals surface area contributed by atoms with E-state index >= 15 is 0 Å². The van der Waals surface area contributed by atoms with Crippen LogP contribution in [-0.2, 0) is 11.2 Å². The molecule has 2 N–H and O–H groups in total. The highest BCUT2D eigenvalue weighted by Crippen LogP contribution is 2.35. The number of aryl methyl sites for hydroxylation is 2. The van der Waals surface area contributed by atoms with Crippen molar-refractivity contribution in [3.63, 3.8) is 0 Å². The zero-order valence-electron chi connectivity index (χ0n) is 8.42. The highest BCUT2D eigenvalue weighted by Gasteiger charge is 2.23. The normalized spacial score (nSPS) is 19.4. The van der Waals surface area contributed by atoms with Crippen molar-refractivity contribution < 1.29 is 4.79 Å². The highest BCUT2D eigenvalue weighted by atomic mass is 16.1. The summed E-state index contributed by atoms with van der Waals surface area (Å²) < 4.78 is 0. The Kier molecular flexibility index (Phi) is 2.28. The first-order valence-corrected chi connectivity index (χ1v) is 5.04. The minimum absolute atomic E-state index is 0.190. The second-order valence-electron chi connectivity index (χ2n) is 4.11. The summed E-state index contributed by atoms with van der Waals surface area (Å²) in [5.74, 6) is 0.173. The molecule has 1 unspecified atom stereocenters. The van der Waals surface area contributed by atoms with Gasteiger partial charge < -0.3 is 5.73 Å². The van der Waals surface area contributed by atoms with Crippen molar-refractivity contribution >= 4 is 5.91 Å². The zero-order chi connectivity index (χ0) is 10.1. The molecule has 0 spiro atoms. The number of rotatable bonds is 2. The standard InChI is InChI=1S/C12H15NO/c1-8-2-3-9-4-5-10(7-12(13)14)11(9)6-8/h2-3,6,10H,4-5,7H2,1H3,(H2,13,14). The lowest BCUT2D eigenvalue weighted by molar-refractivity contribution is -0.118. The van der Waals surface area contributed by atoms with Gasteiger partial charge in [-0.1, -0.05) is 23.8 Å². The van der Waals surface area contributed by atoms with E-state index in [1.54, 1.807) is 0 Å². The molecule has 1 amide bonds. The van der Waals surface area contributed by atoms with Crippen molar-refractivity contribution in [2.75, 3.05) is 0 Å².